The van der Waals surface area contributed by atoms with Crippen LogP contribution < -0.4 is 5.32 Å². The first kappa shape index (κ1) is 9.86. The van der Waals surface area contributed by atoms with E-state index in [4.69, 9.17) is 0 Å². The number of hydrogen-bond acceptors (Lipinski definition) is 3. The molecule has 0 fully saturated rings. The quantitative estimate of drug-likeness (QED) is 0.558. The van der Waals surface area contributed by atoms with Crippen LogP contribution in [0.25, 0.3) is 0 Å². The van der Waals surface area contributed by atoms with Gasteiger partial charge in [0.25, 0.3) is 0 Å². The largest absolute Gasteiger partial charge is 0.308 e. The summed E-state index contributed by atoms with van der Waals surface area (Å²) in [6.07, 6.45) is 7.68. The highest BCUT2D eigenvalue weighted by Gasteiger charge is 1.92. The Morgan fingerprint density at radius 2 is 2.23 bits per heavy atom. The highest BCUT2D eigenvalue weighted by molar-refractivity contribution is 5.00. The Morgan fingerprint density at radius 1 is 1.38 bits per heavy atom. The predicted molar refractivity (Wildman–Crippen MR) is 53.3 cm³/mol. The smallest absolute Gasteiger partial charge is 0.0724 e. The van der Waals surface area contributed by atoms with E-state index in [1.165, 1.54) is 0 Å². The van der Waals surface area contributed by atoms with Crippen molar-refractivity contribution in [2.24, 2.45) is 0 Å². The van der Waals surface area contributed by atoms with Crippen molar-refractivity contribution in [2.75, 3.05) is 6.54 Å². The standard InChI is InChI=1S/C10H15N3/c1-3-4-5-11-7-10-8-12-9(2)6-13-10/h3-4,6,8,11H,5,7H2,1-2H3/b4-3+. The van der Waals surface area contributed by atoms with Gasteiger partial charge in [0.1, 0.15) is 0 Å². The third-order valence-corrected chi connectivity index (χ3v) is 1.64. The SMILES string of the molecule is C/C=C/CNCc1cnc(C)cn1. The monoisotopic (exact) mass is 177 g/mol. The molecule has 0 radical (unpaired) electrons. The predicted octanol–water partition coefficient (Wildman–Crippen LogP) is 1.45. The summed E-state index contributed by atoms with van der Waals surface area (Å²) in [5.74, 6) is 0. The van der Waals surface area contributed by atoms with Gasteiger partial charge in [-0.15, -0.1) is 0 Å². The molecule has 0 aliphatic heterocycles. The van der Waals surface area contributed by atoms with Gasteiger partial charge in [-0.3, -0.25) is 9.97 Å². The second-order valence-electron chi connectivity index (χ2n) is 2.85. The molecule has 0 unspecified atom stereocenters. The molecule has 0 amide bonds. The molecule has 0 bridgehead atoms. The second kappa shape index (κ2) is 5.43. The lowest BCUT2D eigenvalue weighted by atomic mass is 10.4. The molecular formula is C10H15N3. The minimum absolute atomic E-state index is 0.775. The zero-order valence-electron chi connectivity index (χ0n) is 8.12. The van der Waals surface area contributed by atoms with Crippen molar-refractivity contribution < 1.29 is 0 Å². The van der Waals surface area contributed by atoms with Crippen LogP contribution in [-0.4, -0.2) is 16.5 Å². The first-order valence-corrected chi connectivity index (χ1v) is 4.42. The summed E-state index contributed by atoms with van der Waals surface area (Å²) in [5.41, 5.74) is 1.94. The number of nitrogens with one attached hydrogen (secondary N) is 1. The topological polar surface area (TPSA) is 37.8 Å². The molecule has 0 atom stereocenters. The molecule has 1 heterocycles. The zero-order chi connectivity index (χ0) is 9.52. The van der Waals surface area contributed by atoms with E-state index in [9.17, 15) is 0 Å². The van der Waals surface area contributed by atoms with Crippen molar-refractivity contribution in [3.05, 3.63) is 35.9 Å². The number of hydrogen-bond donors (Lipinski definition) is 1. The number of allylic oxidation sites excluding steroid dienone is 1. The fraction of sp³-hybridized carbons (Fsp3) is 0.400. The summed E-state index contributed by atoms with van der Waals surface area (Å²) in [7, 11) is 0. The fourth-order valence-electron chi connectivity index (χ4n) is 0.912. The molecule has 3 heteroatoms. The Bertz CT molecular complexity index is 264. The Kier molecular flexibility index (Phi) is 4.12. The number of nitrogens with zero attached hydrogens (tertiary/aromatic N) is 2. The van der Waals surface area contributed by atoms with Gasteiger partial charge in [0.05, 0.1) is 11.4 Å². The van der Waals surface area contributed by atoms with Crippen LogP contribution in [0.3, 0.4) is 0 Å². The second-order valence-corrected chi connectivity index (χ2v) is 2.85. The minimum atomic E-state index is 0.775. The molecule has 70 valence electrons. The Morgan fingerprint density at radius 3 is 2.85 bits per heavy atom. The van der Waals surface area contributed by atoms with Crippen molar-refractivity contribution >= 4 is 0 Å². The maximum atomic E-state index is 4.23. The minimum Gasteiger partial charge on any atom is -0.308 e. The van der Waals surface area contributed by atoms with E-state index in [1.54, 1.807) is 12.4 Å². The van der Waals surface area contributed by atoms with Crippen LogP contribution >= 0.6 is 0 Å². The summed E-state index contributed by atoms with van der Waals surface area (Å²) >= 11 is 0. The van der Waals surface area contributed by atoms with Crippen molar-refractivity contribution in [3.8, 4) is 0 Å². The summed E-state index contributed by atoms with van der Waals surface area (Å²) in [4.78, 5) is 8.38. The molecule has 1 aromatic heterocycles. The first-order valence-electron chi connectivity index (χ1n) is 4.42. The summed E-state index contributed by atoms with van der Waals surface area (Å²) < 4.78 is 0. The van der Waals surface area contributed by atoms with Crippen molar-refractivity contribution in [1.82, 2.24) is 15.3 Å². The maximum absolute atomic E-state index is 4.23. The van der Waals surface area contributed by atoms with E-state index in [0.29, 0.717) is 0 Å². The molecule has 0 saturated heterocycles. The Hall–Kier alpha value is -1.22. The lowest BCUT2D eigenvalue weighted by Gasteiger charge is -2.00. The average Bonchev–Trinajstić information content (AvgIpc) is 2.15. The van der Waals surface area contributed by atoms with Gasteiger partial charge in [-0.1, -0.05) is 12.2 Å². The molecule has 3 nitrogen and oxygen atoms in total. The van der Waals surface area contributed by atoms with Gasteiger partial charge >= 0.3 is 0 Å². The molecule has 1 rings (SSSR count). The van der Waals surface area contributed by atoms with Gasteiger partial charge in [-0.2, -0.15) is 0 Å². The molecule has 1 N–H and O–H groups in total. The maximum Gasteiger partial charge on any atom is 0.0724 e. The average molecular weight is 177 g/mol. The zero-order valence-corrected chi connectivity index (χ0v) is 8.12. The molecule has 0 aliphatic carbocycles. The van der Waals surface area contributed by atoms with Gasteiger partial charge in [0, 0.05) is 25.5 Å². The molecule has 0 aliphatic rings. The van der Waals surface area contributed by atoms with Crippen LogP contribution in [-0.2, 0) is 6.54 Å². The normalized spacial score (nSPS) is 10.9. The van der Waals surface area contributed by atoms with Crippen molar-refractivity contribution in [2.45, 2.75) is 20.4 Å². The van der Waals surface area contributed by atoms with Crippen LogP contribution in [0.1, 0.15) is 18.3 Å². The summed E-state index contributed by atoms with van der Waals surface area (Å²) in [6, 6.07) is 0. The number of rotatable bonds is 4. The number of aryl methyl sites for hydroxylation is 1. The van der Waals surface area contributed by atoms with E-state index >= 15 is 0 Å². The van der Waals surface area contributed by atoms with E-state index in [2.05, 4.69) is 21.4 Å². The van der Waals surface area contributed by atoms with Crippen LogP contribution in [0.4, 0.5) is 0 Å². The Labute approximate surface area is 78.9 Å². The van der Waals surface area contributed by atoms with Crippen molar-refractivity contribution in [3.63, 3.8) is 0 Å². The highest BCUT2D eigenvalue weighted by Crippen LogP contribution is 1.92. The summed E-state index contributed by atoms with van der Waals surface area (Å²) in [5, 5.41) is 3.23. The van der Waals surface area contributed by atoms with E-state index in [0.717, 1.165) is 24.5 Å². The van der Waals surface area contributed by atoms with Gasteiger partial charge in [0.15, 0.2) is 0 Å². The first-order chi connectivity index (χ1) is 6.33. The van der Waals surface area contributed by atoms with E-state index < -0.39 is 0 Å². The van der Waals surface area contributed by atoms with Crippen LogP contribution in [0.2, 0.25) is 0 Å². The third-order valence-electron chi connectivity index (χ3n) is 1.64. The Balaban J connectivity index is 2.33. The van der Waals surface area contributed by atoms with E-state index in [1.807, 2.05) is 19.9 Å². The molecule has 13 heavy (non-hydrogen) atoms. The number of aromatic nitrogens is 2. The molecular weight excluding hydrogens is 162 g/mol. The third kappa shape index (κ3) is 3.80. The van der Waals surface area contributed by atoms with Gasteiger partial charge in [0.2, 0.25) is 0 Å². The molecule has 0 spiro atoms. The highest BCUT2D eigenvalue weighted by atomic mass is 14.9. The lowest BCUT2D eigenvalue weighted by Crippen LogP contribution is -2.14. The van der Waals surface area contributed by atoms with Gasteiger partial charge < -0.3 is 5.32 Å². The van der Waals surface area contributed by atoms with Gasteiger partial charge in [-0.05, 0) is 13.8 Å². The van der Waals surface area contributed by atoms with Crippen LogP contribution in [0, 0.1) is 6.92 Å². The van der Waals surface area contributed by atoms with Crippen LogP contribution in [0.15, 0.2) is 24.5 Å². The molecule has 0 aromatic carbocycles. The van der Waals surface area contributed by atoms with Gasteiger partial charge in [-0.25, -0.2) is 0 Å². The fourth-order valence-corrected chi connectivity index (χ4v) is 0.912. The molecule has 1 aromatic rings. The summed E-state index contributed by atoms with van der Waals surface area (Å²) in [6.45, 7) is 5.60. The molecule has 0 saturated carbocycles. The van der Waals surface area contributed by atoms with Crippen molar-refractivity contribution in [1.29, 1.82) is 0 Å². The van der Waals surface area contributed by atoms with Crippen LogP contribution in [0.5, 0.6) is 0 Å². The lowest BCUT2D eigenvalue weighted by molar-refractivity contribution is 0.733. The van der Waals surface area contributed by atoms with E-state index in [-0.39, 0.29) is 0 Å².